The molecule has 0 bridgehead atoms. The van der Waals surface area contributed by atoms with Crippen molar-refractivity contribution in [3.05, 3.63) is 62.8 Å². The summed E-state index contributed by atoms with van der Waals surface area (Å²) < 4.78 is 18.5. The molecule has 0 aromatic rings. The second-order valence-electron chi connectivity index (χ2n) is 4.61. The van der Waals surface area contributed by atoms with Crippen molar-refractivity contribution in [3.8, 4) is 0 Å². The Morgan fingerprint density at radius 1 is 0.536 bits per heavy atom. The van der Waals surface area contributed by atoms with Crippen molar-refractivity contribution in [1.82, 2.24) is 0 Å². The molecule has 0 N–H and O–H groups in total. The Labute approximate surface area is 164 Å². The molecule has 0 heterocycles. The fourth-order valence-electron chi connectivity index (χ4n) is 1.17. The SMILES string of the molecule is C=CCOC(=O)C=CC(=O)OCC=C.C=CCOC(=O)CCC(=O)OCC=C. The molecular weight excluding hydrogens is 368 g/mol. The summed E-state index contributed by atoms with van der Waals surface area (Å²) in [5.41, 5.74) is 0. The Balaban J connectivity index is 0. The fourth-order valence-corrected chi connectivity index (χ4v) is 1.17. The van der Waals surface area contributed by atoms with E-state index in [0.29, 0.717) is 0 Å². The fraction of sp³-hybridized carbons (Fsp3) is 0.300. The minimum absolute atomic E-state index is 0.0316. The van der Waals surface area contributed by atoms with Crippen LogP contribution in [0.15, 0.2) is 62.8 Å². The molecule has 0 amide bonds. The van der Waals surface area contributed by atoms with Gasteiger partial charge in [0, 0.05) is 12.2 Å². The van der Waals surface area contributed by atoms with Crippen LogP contribution in [0.3, 0.4) is 0 Å². The molecule has 0 saturated carbocycles. The summed E-state index contributed by atoms with van der Waals surface area (Å²) in [4.78, 5) is 43.4. The number of esters is 4. The van der Waals surface area contributed by atoms with E-state index in [4.69, 9.17) is 0 Å². The zero-order valence-electron chi connectivity index (χ0n) is 15.8. The van der Waals surface area contributed by atoms with Gasteiger partial charge in [-0.15, -0.1) is 0 Å². The first-order valence-corrected chi connectivity index (χ1v) is 8.17. The van der Waals surface area contributed by atoms with Gasteiger partial charge in [0.1, 0.15) is 26.4 Å². The molecule has 0 aliphatic heterocycles. The second kappa shape index (κ2) is 19.9. The minimum Gasteiger partial charge on any atom is -0.461 e. The van der Waals surface area contributed by atoms with Crippen LogP contribution in [0.25, 0.3) is 0 Å². The van der Waals surface area contributed by atoms with E-state index in [9.17, 15) is 19.2 Å². The van der Waals surface area contributed by atoms with Crippen LogP contribution in [-0.4, -0.2) is 50.3 Å². The van der Waals surface area contributed by atoms with Crippen molar-refractivity contribution >= 4 is 23.9 Å². The van der Waals surface area contributed by atoms with Crippen molar-refractivity contribution in [2.45, 2.75) is 12.8 Å². The number of rotatable bonds is 13. The summed E-state index contributed by atoms with van der Waals surface area (Å²) in [5, 5.41) is 0. The molecule has 0 unspecified atom stereocenters. The average Bonchev–Trinajstić information content (AvgIpc) is 2.70. The van der Waals surface area contributed by atoms with E-state index in [0.717, 1.165) is 12.2 Å². The van der Waals surface area contributed by atoms with Gasteiger partial charge in [0.25, 0.3) is 0 Å². The molecule has 0 saturated heterocycles. The van der Waals surface area contributed by atoms with Gasteiger partial charge in [-0.3, -0.25) is 9.59 Å². The quantitative estimate of drug-likeness (QED) is 0.203. The van der Waals surface area contributed by atoms with Gasteiger partial charge in [0.15, 0.2) is 0 Å². The van der Waals surface area contributed by atoms with Crippen LogP contribution >= 0.6 is 0 Å². The first-order chi connectivity index (χ1) is 13.4. The second-order valence-corrected chi connectivity index (χ2v) is 4.61. The highest BCUT2D eigenvalue weighted by Gasteiger charge is 2.07. The first kappa shape index (κ1) is 26.8. The molecule has 0 fully saturated rings. The number of hydrogen-bond acceptors (Lipinski definition) is 8. The summed E-state index contributed by atoms with van der Waals surface area (Å²) in [6, 6.07) is 0. The predicted molar refractivity (Wildman–Crippen MR) is 103 cm³/mol. The Morgan fingerprint density at radius 3 is 1.11 bits per heavy atom. The van der Waals surface area contributed by atoms with Crippen LogP contribution < -0.4 is 0 Å². The summed E-state index contributed by atoms with van der Waals surface area (Å²) in [7, 11) is 0. The smallest absolute Gasteiger partial charge is 0.331 e. The Hall–Kier alpha value is -3.42. The lowest BCUT2D eigenvalue weighted by Crippen LogP contribution is -2.10. The lowest BCUT2D eigenvalue weighted by molar-refractivity contribution is -0.149. The van der Waals surface area contributed by atoms with E-state index in [1.54, 1.807) is 0 Å². The van der Waals surface area contributed by atoms with E-state index in [2.05, 4.69) is 45.3 Å². The Morgan fingerprint density at radius 2 is 0.821 bits per heavy atom. The van der Waals surface area contributed by atoms with E-state index in [1.807, 2.05) is 0 Å². The number of carbonyl (C=O) groups excluding carboxylic acids is 4. The lowest BCUT2D eigenvalue weighted by Gasteiger charge is -2.02. The number of ether oxygens (including phenoxy) is 4. The van der Waals surface area contributed by atoms with Crippen LogP contribution in [0.4, 0.5) is 0 Å². The van der Waals surface area contributed by atoms with Gasteiger partial charge in [-0.2, -0.15) is 0 Å². The van der Waals surface area contributed by atoms with E-state index in [1.165, 1.54) is 24.3 Å². The van der Waals surface area contributed by atoms with Crippen molar-refractivity contribution in [2.75, 3.05) is 26.4 Å². The van der Waals surface area contributed by atoms with E-state index in [-0.39, 0.29) is 39.3 Å². The summed E-state index contributed by atoms with van der Waals surface area (Å²) in [6.07, 6.45) is 7.85. The van der Waals surface area contributed by atoms with Crippen molar-refractivity contribution in [3.63, 3.8) is 0 Å². The number of hydrogen-bond donors (Lipinski definition) is 0. The third-order valence-corrected chi connectivity index (χ3v) is 2.30. The molecule has 0 atom stereocenters. The molecule has 8 nitrogen and oxygen atoms in total. The molecule has 0 spiro atoms. The van der Waals surface area contributed by atoms with Crippen LogP contribution in [0.2, 0.25) is 0 Å². The Bertz CT molecular complexity index is 525. The molecule has 0 aromatic heterocycles. The predicted octanol–water partition coefficient (Wildman–Crippen LogP) is 2.23. The molecule has 28 heavy (non-hydrogen) atoms. The average molecular weight is 394 g/mol. The van der Waals surface area contributed by atoms with Crippen LogP contribution in [-0.2, 0) is 38.1 Å². The maximum Gasteiger partial charge on any atom is 0.331 e. The normalized spacial score (nSPS) is 9.14. The van der Waals surface area contributed by atoms with E-state index < -0.39 is 23.9 Å². The summed E-state index contributed by atoms with van der Waals surface area (Å²) in [6.45, 7) is 14.1. The third kappa shape index (κ3) is 20.6. The highest BCUT2D eigenvalue weighted by molar-refractivity contribution is 5.91. The zero-order valence-corrected chi connectivity index (χ0v) is 15.8. The van der Waals surface area contributed by atoms with Gasteiger partial charge in [0.05, 0.1) is 12.8 Å². The molecule has 0 aliphatic carbocycles. The first-order valence-electron chi connectivity index (χ1n) is 8.17. The molecule has 0 rings (SSSR count). The molecule has 154 valence electrons. The van der Waals surface area contributed by atoms with Crippen molar-refractivity contribution in [1.29, 1.82) is 0 Å². The zero-order chi connectivity index (χ0) is 21.6. The van der Waals surface area contributed by atoms with E-state index >= 15 is 0 Å². The monoisotopic (exact) mass is 394 g/mol. The minimum atomic E-state index is -0.611. The summed E-state index contributed by atoms with van der Waals surface area (Å²) in [5.74, 6) is -2.08. The molecule has 8 heteroatoms. The summed E-state index contributed by atoms with van der Waals surface area (Å²) >= 11 is 0. The largest absolute Gasteiger partial charge is 0.461 e. The van der Waals surface area contributed by atoms with Gasteiger partial charge in [-0.25, -0.2) is 9.59 Å². The van der Waals surface area contributed by atoms with Gasteiger partial charge in [-0.05, 0) is 0 Å². The number of carbonyl (C=O) groups is 4. The molecule has 0 aromatic carbocycles. The maximum absolute atomic E-state index is 10.9. The standard InChI is InChI=1S/C10H14O4.C10H12O4/c2*1-3-7-13-9(11)5-6-10(12)14-8-4-2/h3-4H,1-2,5-8H2;3-6H,1-2,7-8H2. The highest BCUT2D eigenvalue weighted by atomic mass is 16.5. The van der Waals surface area contributed by atoms with Gasteiger partial charge in [-0.1, -0.05) is 50.6 Å². The van der Waals surface area contributed by atoms with Gasteiger partial charge >= 0.3 is 23.9 Å². The highest BCUT2D eigenvalue weighted by Crippen LogP contribution is 1.96. The van der Waals surface area contributed by atoms with Crippen LogP contribution in [0.1, 0.15) is 12.8 Å². The third-order valence-electron chi connectivity index (χ3n) is 2.30. The lowest BCUT2D eigenvalue weighted by atomic mass is 10.3. The van der Waals surface area contributed by atoms with Crippen molar-refractivity contribution in [2.24, 2.45) is 0 Å². The van der Waals surface area contributed by atoms with Crippen LogP contribution in [0.5, 0.6) is 0 Å². The topological polar surface area (TPSA) is 105 Å². The molecular formula is C20H26O8. The Kier molecular flexibility index (Phi) is 19.0. The maximum atomic E-state index is 10.9. The van der Waals surface area contributed by atoms with Crippen molar-refractivity contribution < 1.29 is 38.1 Å². The van der Waals surface area contributed by atoms with Gasteiger partial charge in [0.2, 0.25) is 0 Å². The molecule has 0 radical (unpaired) electrons. The van der Waals surface area contributed by atoms with Crippen LogP contribution in [0, 0.1) is 0 Å². The van der Waals surface area contributed by atoms with Gasteiger partial charge < -0.3 is 18.9 Å². The molecule has 0 aliphatic rings.